The van der Waals surface area contributed by atoms with Crippen molar-refractivity contribution >= 4 is 17.5 Å². The topological polar surface area (TPSA) is 77.8 Å². The fourth-order valence-electron chi connectivity index (χ4n) is 2.92. The van der Waals surface area contributed by atoms with Crippen LogP contribution in [0.25, 0.3) is 16.8 Å². The number of nitrogens with zero attached hydrogens (tertiary/aromatic N) is 3. The third-order valence-electron chi connectivity index (χ3n) is 4.39. The molecule has 0 fully saturated rings. The Kier molecular flexibility index (Phi) is 4.82. The maximum Gasteiger partial charge on any atom is 0.258 e. The molecule has 0 atom stereocenters. The van der Waals surface area contributed by atoms with Gasteiger partial charge in [-0.2, -0.15) is 9.50 Å². The van der Waals surface area contributed by atoms with Crippen molar-refractivity contribution in [2.45, 2.75) is 0 Å². The number of ether oxygens (including phenoxy) is 2. The third kappa shape index (κ3) is 3.60. The summed E-state index contributed by atoms with van der Waals surface area (Å²) in [6.07, 6.45) is 0. The minimum absolute atomic E-state index is 0.110. The van der Waals surface area contributed by atoms with Gasteiger partial charge < -0.3 is 9.47 Å². The summed E-state index contributed by atoms with van der Waals surface area (Å²) in [4.78, 5) is 16.9. The van der Waals surface area contributed by atoms with Gasteiger partial charge in [0.15, 0.2) is 5.65 Å². The molecule has 2 aromatic carbocycles. The van der Waals surface area contributed by atoms with Crippen LogP contribution >= 0.6 is 0 Å². The first-order chi connectivity index (χ1) is 14.1. The van der Waals surface area contributed by atoms with Gasteiger partial charge in [-0.15, -0.1) is 5.10 Å². The smallest absolute Gasteiger partial charge is 0.258 e. The largest absolute Gasteiger partial charge is 0.497 e. The number of hydrogen-bond acceptors (Lipinski definition) is 5. The molecule has 1 N–H and O–H groups in total. The van der Waals surface area contributed by atoms with E-state index < -0.39 is 11.7 Å². The lowest BCUT2D eigenvalue weighted by atomic mass is 10.1. The van der Waals surface area contributed by atoms with Gasteiger partial charge in [-0.05, 0) is 48.0 Å². The van der Waals surface area contributed by atoms with Crippen molar-refractivity contribution in [3.63, 3.8) is 0 Å². The maximum atomic E-state index is 13.1. The second-order valence-electron chi connectivity index (χ2n) is 6.15. The fraction of sp³-hybridized carbons (Fsp3) is 0.0952. The Bertz CT molecular complexity index is 1170. The van der Waals surface area contributed by atoms with Crippen LogP contribution in [0.15, 0.2) is 60.7 Å². The van der Waals surface area contributed by atoms with Gasteiger partial charge in [0.25, 0.3) is 5.91 Å². The molecule has 0 saturated heterocycles. The van der Waals surface area contributed by atoms with Crippen molar-refractivity contribution in [1.82, 2.24) is 14.6 Å². The molecule has 0 radical (unpaired) electrons. The van der Waals surface area contributed by atoms with Gasteiger partial charge in [0.05, 0.1) is 14.2 Å². The first kappa shape index (κ1) is 18.4. The summed E-state index contributed by atoms with van der Waals surface area (Å²) < 4.78 is 25.1. The highest BCUT2D eigenvalue weighted by atomic mass is 19.1. The number of fused-ring (bicyclic) bond motifs is 1. The molecule has 2 heterocycles. The van der Waals surface area contributed by atoms with Crippen LogP contribution in [0.5, 0.6) is 11.6 Å². The molecule has 146 valence electrons. The lowest BCUT2D eigenvalue weighted by Gasteiger charge is -2.07. The third-order valence-corrected chi connectivity index (χ3v) is 4.39. The van der Waals surface area contributed by atoms with Crippen LogP contribution in [0, 0.1) is 5.82 Å². The minimum atomic E-state index is -0.439. The monoisotopic (exact) mass is 392 g/mol. The molecular formula is C21H17FN4O3. The molecule has 4 rings (SSSR count). The molecule has 0 unspecified atom stereocenters. The number of hydrogen-bond donors (Lipinski definition) is 1. The average molecular weight is 392 g/mol. The molecule has 0 spiro atoms. The first-order valence-electron chi connectivity index (χ1n) is 8.74. The normalized spacial score (nSPS) is 10.7. The van der Waals surface area contributed by atoms with Crippen LogP contribution in [-0.2, 0) is 0 Å². The Morgan fingerprint density at radius 3 is 2.34 bits per heavy atom. The van der Waals surface area contributed by atoms with E-state index in [0.717, 1.165) is 16.9 Å². The SMILES string of the molecule is COc1ccc(-c2ccc(OC)n3nc(NC(=O)c4ccc(F)cc4)nc23)cc1. The van der Waals surface area contributed by atoms with Crippen LogP contribution in [0.4, 0.5) is 10.3 Å². The Morgan fingerprint density at radius 2 is 1.69 bits per heavy atom. The Balaban J connectivity index is 1.73. The fourth-order valence-corrected chi connectivity index (χ4v) is 2.92. The molecule has 0 aliphatic carbocycles. The number of anilines is 1. The van der Waals surface area contributed by atoms with Gasteiger partial charge in [0.2, 0.25) is 11.8 Å². The van der Waals surface area contributed by atoms with E-state index >= 15 is 0 Å². The van der Waals surface area contributed by atoms with Crippen molar-refractivity contribution in [3.8, 4) is 22.8 Å². The van der Waals surface area contributed by atoms with Crippen molar-refractivity contribution in [2.24, 2.45) is 0 Å². The van der Waals surface area contributed by atoms with E-state index in [4.69, 9.17) is 9.47 Å². The predicted octanol–water partition coefficient (Wildman–Crippen LogP) is 3.80. The van der Waals surface area contributed by atoms with E-state index in [0.29, 0.717) is 17.1 Å². The molecule has 8 heteroatoms. The number of benzene rings is 2. The van der Waals surface area contributed by atoms with Crippen LogP contribution in [0.2, 0.25) is 0 Å². The van der Waals surface area contributed by atoms with Crippen molar-refractivity contribution in [1.29, 1.82) is 0 Å². The van der Waals surface area contributed by atoms with E-state index in [9.17, 15) is 9.18 Å². The molecule has 0 aliphatic rings. The summed E-state index contributed by atoms with van der Waals surface area (Å²) in [6, 6.07) is 16.4. The minimum Gasteiger partial charge on any atom is -0.497 e. The molecule has 2 aromatic heterocycles. The summed E-state index contributed by atoms with van der Waals surface area (Å²) in [5, 5.41) is 6.97. The van der Waals surface area contributed by atoms with Crippen molar-refractivity contribution in [3.05, 3.63) is 72.0 Å². The van der Waals surface area contributed by atoms with Crippen molar-refractivity contribution < 1.29 is 18.7 Å². The number of nitrogens with one attached hydrogen (secondary N) is 1. The zero-order valence-electron chi connectivity index (χ0n) is 15.7. The molecule has 0 aliphatic heterocycles. The number of amides is 1. The second-order valence-corrected chi connectivity index (χ2v) is 6.15. The zero-order valence-corrected chi connectivity index (χ0v) is 15.7. The van der Waals surface area contributed by atoms with E-state index in [-0.39, 0.29) is 5.95 Å². The number of pyridine rings is 1. The number of aromatic nitrogens is 3. The second kappa shape index (κ2) is 7.59. The summed E-state index contributed by atoms with van der Waals surface area (Å²) in [5.74, 6) is 0.463. The molecule has 0 bridgehead atoms. The van der Waals surface area contributed by atoms with Crippen LogP contribution in [0.1, 0.15) is 10.4 Å². The van der Waals surface area contributed by atoms with Gasteiger partial charge in [0, 0.05) is 17.2 Å². The standard InChI is InChI=1S/C21H17FN4O3/c1-28-16-9-5-13(6-10-16)17-11-12-18(29-2)26-19(17)23-21(25-26)24-20(27)14-3-7-15(22)8-4-14/h3-12H,1-2H3,(H,24,25,27). The quantitative estimate of drug-likeness (QED) is 0.559. The van der Waals surface area contributed by atoms with Crippen LogP contribution in [0.3, 0.4) is 0 Å². The number of rotatable bonds is 5. The van der Waals surface area contributed by atoms with Crippen molar-refractivity contribution in [2.75, 3.05) is 19.5 Å². The summed E-state index contributed by atoms with van der Waals surface area (Å²) in [5.41, 5.74) is 2.53. The van der Waals surface area contributed by atoms with E-state index in [1.807, 2.05) is 30.3 Å². The molecule has 29 heavy (non-hydrogen) atoms. The zero-order chi connectivity index (χ0) is 20.4. The Hall–Kier alpha value is -3.94. The molecule has 7 nitrogen and oxygen atoms in total. The molecule has 0 saturated carbocycles. The van der Waals surface area contributed by atoms with E-state index in [1.165, 1.54) is 35.9 Å². The van der Waals surface area contributed by atoms with Gasteiger partial charge in [-0.25, -0.2) is 4.39 Å². The van der Waals surface area contributed by atoms with Gasteiger partial charge >= 0.3 is 0 Å². The summed E-state index contributed by atoms with van der Waals surface area (Å²) in [6.45, 7) is 0. The van der Waals surface area contributed by atoms with Crippen LogP contribution < -0.4 is 14.8 Å². The van der Waals surface area contributed by atoms with Gasteiger partial charge in [-0.1, -0.05) is 12.1 Å². The highest BCUT2D eigenvalue weighted by Gasteiger charge is 2.16. The van der Waals surface area contributed by atoms with Crippen LogP contribution in [-0.4, -0.2) is 34.7 Å². The lowest BCUT2D eigenvalue weighted by molar-refractivity contribution is 0.102. The number of halogens is 1. The summed E-state index contributed by atoms with van der Waals surface area (Å²) >= 11 is 0. The molecule has 4 aromatic rings. The number of carbonyl (C=O) groups is 1. The van der Waals surface area contributed by atoms with Gasteiger partial charge in [-0.3, -0.25) is 10.1 Å². The maximum absolute atomic E-state index is 13.1. The Morgan fingerprint density at radius 1 is 0.966 bits per heavy atom. The number of carbonyl (C=O) groups excluding carboxylic acids is 1. The molecular weight excluding hydrogens is 375 g/mol. The Labute approximate surface area is 165 Å². The van der Waals surface area contributed by atoms with E-state index in [1.54, 1.807) is 13.2 Å². The summed E-state index contributed by atoms with van der Waals surface area (Å²) in [7, 11) is 3.13. The predicted molar refractivity (Wildman–Crippen MR) is 106 cm³/mol. The van der Waals surface area contributed by atoms with Gasteiger partial charge in [0.1, 0.15) is 11.6 Å². The number of methoxy groups -OCH3 is 2. The highest BCUT2D eigenvalue weighted by Crippen LogP contribution is 2.29. The van der Waals surface area contributed by atoms with E-state index in [2.05, 4.69) is 15.4 Å². The highest BCUT2D eigenvalue weighted by molar-refractivity contribution is 6.03. The average Bonchev–Trinajstić information content (AvgIpc) is 3.17. The first-order valence-corrected chi connectivity index (χ1v) is 8.74. The molecule has 1 amide bonds. The lowest BCUT2D eigenvalue weighted by Crippen LogP contribution is -2.13.